The molecule has 2 aromatic carbocycles. The maximum absolute atomic E-state index is 12.8. The molecule has 0 bridgehead atoms. The Labute approximate surface area is 195 Å². The van der Waals surface area contributed by atoms with Gasteiger partial charge in [0.05, 0.1) is 28.4 Å². The number of benzene rings is 2. The lowest BCUT2D eigenvalue weighted by Gasteiger charge is -2.40. The van der Waals surface area contributed by atoms with Gasteiger partial charge >= 0.3 is 6.09 Å². The normalized spacial score (nSPS) is 16.2. The number of carbonyl (C=O) groups is 2. The van der Waals surface area contributed by atoms with Crippen LogP contribution in [0.25, 0.3) is 11.1 Å². The molecule has 0 saturated heterocycles. The summed E-state index contributed by atoms with van der Waals surface area (Å²) in [6.07, 6.45) is -0.749. The molecule has 178 valence electrons. The van der Waals surface area contributed by atoms with Gasteiger partial charge in [-0.2, -0.15) is 0 Å². The van der Waals surface area contributed by atoms with Crippen molar-refractivity contribution in [1.82, 2.24) is 4.31 Å². The molecular weight excluding hydrogens is 442 g/mol. The third-order valence-corrected chi connectivity index (χ3v) is 7.55. The minimum atomic E-state index is -3.56. The minimum absolute atomic E-state index is 0.109. The number of rotatable bonds is 4. The molecule has 2 aromatic rings. The molecule has 1 aliphatic rings. The number of fused-ring (bicyclic) bond motifs is 1. The molecule has 1 aliphatic heterocycles. The number of sulfonamides is 1. The fourth-order valence-electron chi connectivity index (χ4n) is 4.04. The second kappa shape index (κ2) is 9.15. The van der Waals surface area contributed by atoms with Gasteiger partial charge in [-0.15, -0.1) is 0 Å². The van der Waals surface area contributed by atoms with Gasteiger partial charge in [0.2, 0.25) is 15.9 Å². The van der Waals surface area contributed by atoms with Crippen molar-refractivity contribution in [2.75, 3.05) is 30.4 Å². The van der Waals surface area contributed by atoms with Crippen molar-refractivity contribution in [2.45, 2.75) is 51.7 Å². The maximum Gasteiger partial charge on any atom is 0.414 e. The SMILES string of the molecule is CC(=O)N1c2ccc(-c3ccc(S(=O)(=O)N(C)C)c(C)c3)cc2N(C(=O)OC(C)C)CC1C. The lowest BCUT2D eigenvalue weighted by atomic mass is 9.99. The molecule has 8 nitrogen and oxygen atoms in total. The molecule has 0 N–H and O–H groups in total. The van der Waals surface area contributed by atoms with Gasteiger partial charge in [0.25, 0.3) is 0 Å². The molecule has 0 radical (unpaired) electrons. The van der Waals surface area contributed by atoms with E-state index in [1.165, 1.54) is 25.3 Å². The van der Waals surface area contributed by atoms with Crippen molar-refractivity contribution < 1.29 is 22.7 Å². The quantitative estimate of drug-likeness (QED) is 0.669. The van der Waals surface area contributed by atoms with Gasteiger partial charge in [-0.25, -0.2) is 17.5 Å². The molecule has 2 amide bonds. The molecule has 1 unspecified atom stereocenters. The predicted molar refractivity (Wildman–Crippen MR) is 129 cm³/mol. The van der Waals surface area contributed by atoms with Crippen molar-refractivity contribution in [3.05, 3.63) is 42.0 Å². The second-order valence-corrected chi connectivity index (χ2v) is 10.9. The van der Waals surface area contributed by atoms with E-state index in [0.29, 0.717) is 23.5 Å². The molecule has 9 heteroatoms. The maximum atomic E-state index is 12.8. The van der Waals surface area contributed by atoms with Crippen LogP contribution >= 0.6 is 0 Å². The topological polar surface area (TPSA) is 87.2 Å². The van der Waals surface area contributed by atoms with Gasteiger partial charge in [-0.1, -0.05) is 18.2 Å². The van der Waals surface area contributed by atoms with Gasteiger partial charge in [0, 0.05) is 27.6 Å². The zero-order valence-corrected chi connectivity index (χ0v) is 20.9. The Morgan fingerprint density at radius 2 is 1.67 bits per heavy atom. The van der Waals surface area contributed by atoms with Crippen LogP contribution in [0, 0.1) is 6.92 Å². The third kappa shape index (κ3) is 4.74. The van der Waals surface area contributed by atoms with Gasteiger partial charge in [-0.05, 0) is 62.6 Å². The number of amides is 2. The van der Waals surface area contributed by atoms with Crippen LogP contribution in [0.1, 0.15) is 33.3 Å². The summed E-state index contributed by atoms with van der Waals surface area (Å²) in [6, 6.07) is 10.5. The molecule has 1 heterocycles. The fraction of sp³-hybridized carbons (Fsp3) is 0.417. The zero-order valence-electron chi connectivity index (χ0n) is 20.1. The highest BCUT2D eigenvalue weighted by Crippen LogP contribution is 2.39. The van der Waals surface area contributed by atoms with Crippen LogP contribution in [-0.4, -0.2) is 57.5 Å². The first-order chi connectivity index (χ1) is 15.3. The summed E-state index contributed by atoms with van der Waals surface area (Å²) in [5.41, 5.74) is 3.43. The molecule has 0 spiro atoms. The smallest absolute Gasteiger partial charge is 0.414 e. The first-order valence-corrected chi connectivity index (χ1v) is 12.2. The van der Waals surface area contributed by atoms with Gasteiger partial charge < -0.3 is 9.64 Å². The summed E-state index contributed by atoms with van der Waals surface area (Å²) in [5, 5.41) is 0. The van der Waals surface area contributed by atoms with E-state index in [4.69, 9.17) is 4.74 Å². The molecule has 0 aliphatic carbocycles. The molecule has 0 aromatic heterocycles. The van der Waals surface area contributed by atoms with Crippen LogP contribution in [0.15, 0.2) is 41.3 Å². The molecule has 3 rings (SSSR count). The Kier molecular flexibility index (Phi) is 6.85. The Hall–Kier alpha value is -2.91. The van der Waals surface area contributed by atoms with Crippen LogP contribution in [0.4, 0.5) is 16.2 Å². The van der Waals surface area contributed by atoms with E-state index in [1.807, 2.05) is 31.2 Å². The van der Waals surface area contributed by atoms with E-state index in [2.05, 4.69) is 0 Å². The van der Waals surface area contributed by atoms with Gasteiger partial charge in [0.1, 0.15) is 0 Å². The van der Waals surface area contributed by atoms with Crippen LogP contribution in [0.5, 0.6) is 0 Å². The highest BCUT2D eigenvalue weighted by molar-refractivity contribution is 7.89. The molecule has 0 fully saturated rings. The highest BCUT2D eigenvalue weighted by Gasteiger charge is 2.35. The van der Waals surface area contributed by atoms with E-state index in [1.54, 1.807) is 42.7 Å². The Bertz CT molecular complexity index is 1190. The number of nitrogens with zero attached hydrogens (tertiary/aromatic N) is 3. The minimum Gasteiger partial charge on any atom is -0.446 e. The first kappa shape index (κ1) is 24.7. The fourth-order valence-corrected chi connectivity index (χ4v) is 5.14. The van der Waals surface area contributed by atoms with Crippen molar-refractivity contribution >= 4 is 33.4 Å². The largest absolute Gasteiger partial charge is 0.446 e. The van der Waals surface area contributed by atoms with Gasteiger partial charge in [0.15, 0.2) is 0 Å². The van der Waals surface area contributed by atoms with Crippen LogP contribution < -0.4 is 9.80 Å². The average molecular weight is 474 g/mol. The van der Waals surface area contributed by atoms with Crippen molar-refractivity contribution in [1.29, 1.82) is 0 Å². The first-order valence-electron chi connectivity index (χ1n) is 10.8. The molecule has 1 atom stereocenters. The molecule has 33 heavy (non-hydrogen) atoms. The van der Waals surface area contributed by atoms with E-state index in [9.17, 15) is 18.0 Å². The molecular formula is C24H31N3O5S. The van der Waals surface area contributed by atoms with Crippen molar-refractivity contribution in [3.63, 3.8) is 0 Å². The van der Waals surface area contributed by atoms with Crippen LogP contribution in [0.3, 0.4) is 0 Å². The number of anilines is 2. The lowest BCUT2D eigenvalue weighted by Crippen LogP contribution is -2.51. The Balaban J connectivity index is 2.11. The van der Waals surface area contributed by atoms with Crippen molar-refractivity contribution in [3.8, 4) is 11.1 Å². The summed E-state index contributed by atoms with van der Waals surface area (Å²) in [5.74, 6) is -0.109. The Morgan fingerprint density at radius 1 is 1.06 bits per heavy atom. The number of aryl methyl sites for hydroxylation is 1. The van der Waals surface area contributed by atoms with E-state index in [-0.39, 0.29) is 22.9 Å². The highest BCUT2D eigenvalue weighted by atomic mass is 32.2. The summed E-state index contributed by atoms with van der Waals surface area (Å²) in [4.78, 5) is 28.7. The summed E-state index contributed by atoms with van der Waals surface area (Å²) in [7, 11) is -0.558. The van der Waals surface area contributed by atoms with Crippen LogP contribution in [0.2, 0.25) is 0 Å². The number of hydrogen-bond donors (Lipinski definition) is 0. The number of carbonyl (C=O) groups excluding carboxylic acids is 2. The summed E-state index contributed by atoms with van der Waals surface area (Å²) >= 11 is 0. The summed E-state index contributed by atoms with van der Waals surface area (Å²) < 4.78 is 31.7. The lowest BCUT2D eigenvalue weighted by molar-refractivity contribution is -0.117. The monoisotopic (exact) mass is 473 g/mol. The third-order valence-electron chi connectivity index (χ3n) is 5.58. The predicted octanol–water partition coefficient (Wildman–Crippen LogP) is 4.02. The summed E-state index contributed by atoms with van der Waals surface area (Å²) in [6.45, 7) is 9.03. The van der Waals surface area contributed by atoms with Gasteiger partial charge in [-0.3, -0.25) is 9.69 Å². The average Bonchev–Trinajstić information content (AvgIpc) is 2.71. The van der Waals surface area contributed by atoms with Crippen molar-refractivity contribution in [2.24, 2.45) is 0 Å². The standard InChI is InChI=1S/C24H31N3O5S/c1-15(2)32-24(29)26-14-17(4)27(18(5)28)21-10-8-20(13-22(21)26)19-9-11-23(16(3)12-19)33(30,31)25(6)7/h8-13,15,17H,14H2,1-7H3. The van der Waals surface area contributed by atoms with Crippen LogP contribution in [-0.2, 0) is 19.6 Å². The number of ether oxygens (including phenoxy) is 1. The molecule has 0 saturated carbocycles. The van der Waals surface area contributed by atoms with E-state index in [0.717, 1.165) is 11.1 Å². The second-order valence-electron chi connectivity index (χ2n) is 8.75. The number of hydrogen-bond acceptors (Lipinski definition) is 5. The van der Waals surface area contributed by atoms with E-state index < -0.39 is 16.1 Å². The Morgan fingerprint density at radius 3 is 2.21 bits per heavy atom. The van der Waals surface area contributed by atoms with E-state index >= 15 is 0 Å². The zero-order chi connectivity index (χ0) is 24.7.